The lowest BCUT2D eigenvalue weighted by Crippen LogP contribution is -2.29. The summed E-state index contributed by atoms with van der Waals surface area (Å²) in [5.74, 6) is 0. The van der Waals surface area contributed by atoms with E-state index in [1.807, 2.05) is 13.0 Å². The molecule has 0 aromatic carbocycles. The molecule has 0 aliphatic rings. The summed E-state index contributed by atoms with van der Waals surface area (Å²) in [6, 6.07) is 1.48. The van der Waals surface area contributed by atoms with Crippen LogP contribution in [0.1, 0.15) is 23.4 Å². The molecule has 2 atom stereocenters. The number of aryl methyl sites for hydroxylation is 1. The Morgan fingerprint density at radius 2 is 2.07 bits per heavy atom. The van der Waals surface area contributed by atoms with Crippen molar-refractivity contribution in [2.24, 2.45) is 5.73 Å². The normalized spacial score (nSPS) is 16.3. The molecule has 1 aromatic heterocycles. The number of sulfone groups is 1. The Morgan fingerprint density at radius 3 is 2.40 bits per heavy atom. The van der Waals surface area contributed by atoms with E-state index in [0.29, 0.717) is 0 Å². The van der Waals surface area contributed by atoms with Crippen LogP contribution in [0.2, 0.25) is 0 Å². The maximum absolute atomic E-state index is 11.4. The van der Waals surface area contributed by atoms with Crippen LogP contribution >= 0.6 is 27.3 Å². The largest absolute Gasteiger partial charge is 0.322 e. The summed E-state index contributed by atoms with van der Waals surface area (Å²) in [6.07, 6.45) is 1.22. The van der Waals surface area contributed by atoms with E-state index in [-0.39, 0.29) is 0 Å². The Labute approximate surface area is 103 Å². The Balaban J connectivity index is 3.00. The number of halogens is 1. The Hall–Kier alpha value is 0.0900. The van der Waals surface area contributed by atoms with Gasteiger partial charge in [0.15, 0.2) is 9.84 Å². The van der Waals surface area contributed by atoms with Crippen LogP contribution in [0, 0.1) is 6.92 Å². The van der Waals surface area contributed by atoms with Gasteiger partial charge in [-0.05, 0) is 41.4 Å². The lowest BCUT2D eigenvalue weighted by Gasteiger charge is -2.16. The predicted molar refractivity (Wildman–Crippen MR) is 68.0 cm³/mol. The Morgan fingerprint density at radius 1 is 1.53 bits per heavy atom. The smallest absolute Gasteiger partial charge is 0.151 e. The number of hydrogen-bond donors (Lipinski definition) is 1. The highest BCUT2D eigenvalue weighted by Crippen LogP contribution is 2.32. The molecule has 15 heavy (non-hydrogen) atoms. The van der Waals surface area contributed by atoms with E-state index in [9.17, 15) is 8.42 Å². The van der Waals surface area contributed by atoms with Crippen LogP contribution in [0.5, 0.6) is 0 Å². The molecular formula is C9H14BrNO2S2. The first-order valence-electron chi connectivity index (χ1n) is 4.43. The van der Waals surface area contributed by atoms with Gasteiger partial charge in [0.1, 0.15) is 0 Å². The first kappa shape index (κ1) is 13.2. The molecule has 0 saturated carbocycles. The van der Waals surface area contributed by atoms with Gasteiger partial charge in [-0.3, -0.25) is 0 Å². The van der Waals surface area contributed by atoms with Gasteiger partial charge >= 0.3 is 0 Å². The average molecular weight is 312 g/mol. The quantitative estimate of drug-likeness (QED) is 0.931. The summed E-state index contributed by atoms with van der Waals surface area (Å²) >= 11 is 4.89. The third-order valence-electron chi connectivity index (χ3n) is 2.39. The molecule has 0 saturated heterocycles. The molecule has 86 valence electrons. The summed E-state index contributed by atoms with van der Waals surface area (Å²) in [5, 5.41) is -0.553. The van der Waals surface area contributed by atoms with E-state index >= 15 is 0 Å². The van der Waals surface area contributed by atoms with Crippen molar-refractivity contribution >= 4 is 37.1 Å². The zero-order valence-corrected chi connectivity index (χ0v) is 12.0. The third kappa shape index (κ3) is 3.03. The van der Waals surface area contributed by atoms with Crippen LogP contribution in [-0.4, -0.2) is 19.9 Å². The van der Waals surface area contributed by atoms with E-state index in [1.54, 1.807) is 6.92 Å². The van der Waals surface area contributed by atoms with E-state index in [4.69, 9.17) is 5.73 Å². The number of hydrogen-bond acceptors (Lipinski definition) is 4. The molecule has 2 N–H and O–H groups in total. The molecule has 1 rings (SSSR count). The highest BCUT2D eigenvalue weighted by Gasteiger charge is 2.25. The predicted octanol–water partition coefficient (Wildman–Crippen LogP) is 2.25. The second-order valence-electron chi connectivity index (χ2n) is 3.67. The van der Waals surface area contributed by atoms with Crippen LogP contribution in [0.4, 0.5) is 0 Å². The molecule has 0 bridgehead atoms. The highest BCUT2D eigenvalue weighted by molar-refractivity contribution is 9.11. The summed E-state index contributed by atoms with van der Waals surface area (Å²) in [7, 11) is -3.09. The summed E-state index contributed by atoms with van der Waals surface area (Å²) in [5.41, 5.74) is 7.01. The van der Waals surface area contributed by atoms with Gasteiger partial charge in [0.2, 0.25) is 0 Å². The average Bonchev–Trinajstić information content (AvgIpc) is 2.43. The van der Waals surface area contributed by atoms with Crippen molar-refractivity contribution in [3.63, 3.8) is 0 Å². The van der Waals surface area contributed by atoms with Gasteiger partial charge in [0, 0.05) is 11.1 Å². The number of rotatable bonds is 3. The summed E-state index contributed by atoms with van der Waals surface area (Å²) in [6.45, 7) is 3.60. The van der Waals surface area contributed by atoms with Crippen LogP contribution in [-0.2, 0) is 9.84 Å². The monoisotopic (exact) mass is 311 g/mol. The molecule has 1 heterocycles. The van der Waals surface area contributed by atoms with Gasteiger partial charge < -0.3 is 5.73 Å². The van der Waals surface area contributed by atoms with Gasteiger partial charge in [0.05, 0.1) is 15.1 Å². The van der Waals surface area contributed by atoms with Crippen molar-refractivity contribution in [2.45, 2.75) is 25.1 Å². The second-order valence-corrected chi connectivity index (χ2v) is 8.47. The van der Waals surface area contributed by atoms with E-state index in [1.165, 1.54) is 17.6 Å². The molecule has 0 aliphatic heterocycles. The third-order valence-corrected chi connectivity index (χ3v) is 6.27. The number of nitrogens with two attached hydrogens (primary N) is 1. The molecule has 2 unspecified atom stereocenters. The van der Waals surface area contributed by atoms with Crippen molar-refractivity contribution in [3.8, 4) is 0 Å². The van der Waals surface area contributed by atoms with Gasteiger partial charge in [-0.2, -0.15) is 0 Å². The van der Waals surface area contributed by atoms with Crippen molar-refractivity contribution in [3.05, 3.63) is 20.3 Å². The van der Waals surface area contributed by atoms with Crippen molar-refractivity contribution < 1.29 is 8.42 Å². The molecule has 0 radical (unpaired) electrons. The van der Waals surface area contributed by atoms with Gasteiger partial charge in [-0.25, -0.2) is 8.42 Å². The maximum Gasteiger partial charge on any atom is 0.151 e. The van der Waals surface area contributed by atoms with Gasteiger partial charge in [-0.1, -0.05) is 0 Å². The second kappa shape index (κ2) is 4.53. The fraction of sp³-hybridized carbons (Fsp3) is 0.556. The topological polar surface area (TPSA) is 60.2 Å². The zero-order valence-electron chi connectivity index (χ0n) is 8.82. The fourth-order valence-electron chi connectivity index (χ4n) is 1.15. The number of thiophene rings is 1. The zero-order chi connectivity index (χ0) is 11.8. The first-order chi connectivity index (χ1) is 6.73. The van der Waals surface area contributed by atoms with Crippen LogP contribution in [0.3, 0.4) is 0 Å². The van der Waals surface area contributed by atoms with Crippen LogP contribution in [0.15, 0.2) is 9.85 Å². The minimum absolute atomic E-state index is 0.449. The van der Waals surface area contributed by atoms with E-state index < -0.39 is 21.1 Å². The molecule has 0 amide bonds. The molecule has 6 heteroatoms. The van der Waals surface area contributed by atoms with Crippen LogP contribution in [0.25, 0.3) is 0 Å². The minimum atomic E-state index is -3.09. The molecule has 0 fully saturated rings. The fourth-order valence-corrected chi connectivity index (χ4v) is 3.59. The van der Waals surface area contributed by atoms with Crippen LogP contribution < -0.4 is 5.73 Å². The molecule has 0 aliphatic carbocycles. The van der Waals surface area contributed by atoms with Gasteiger partial charge in [0.25, 0.3) is 0 Å². The molecule has 0 spiro atoms. The first-order valence-corrected chi connectivity index (χ1v) is 8.00. The SMILES string of the molecule is Cc1cc(C(N)C(C)S(C)(=O)=O)sc1Br. The summed E-state index contributed by atoms with van der Waals surface area (Å²) in [4.78, 5) is 0.900. The van der Waals surface area contributed by atoms with Gasteiger partial charge in [-0.15, -0.1) is 11.3 Å². The van der Waals surface area contributed by atoms with Crippen molar-refractivity contribution in [1.29, 1.82) is 0 Å². The molecule has 1 aromatic rings. The van der Waals surface area contributed by atoms with Crippen molar-refractivity contribution in [2.75, 3.05) is 6.26 Å². The summed E-state index contributed by atoms with van der Waals surface area (Å²) < 4.78 is 23.7. The standard InChI is InChI=1S/C9H14BrNO2S2/c1-5-4-7(14-9(5)10)8(11)6(2)15(3,12)13/h4,6,8H,11H2,1-3H3. The highest BCUT2D eigenvalue weighted by atomic mass is 79.9. The lowest BCUT2D eigenvalue weighted by atomic mass is 10.2. The minimum Gasteiger partial charge on any atom is -0.322 e. The van der Waals surface area contributed by atoms with E-state index in [0.717, 1.165) is 14.2 Å². The molecule has 3 nitrogen and oxygen atoms in total. The Kier molecular flexibility index (Phi) is 3.97. The van der Waals surface area contributed by atoms with E-state index in [2.05, 4.69) is 15.9 Å². The maximum atomic E-state index is 11.4. The Bertz CT molecular complexity index is 433. The lowest BCUT2D eigenvalue weighted by molar-refractivity contribution is 0.572. The molecular weight excluding hydrogens is 298 g/mol. The van der Waals surface area contributed by atoms with Crippen molar-refractivity contribution in [1.82, 2.24) is 0 Å².